The predicted molar refractivity (Wildman–Crippen MR) is 107 cm³/mol. The number of aromatic nitrogens is 2. The van der Waals surface area contributed by atoms with Gasteiger partial charge in [-0.05, 0) is 38.1 Å². The Labute approximate surface area is 162 Å². The first-order valence-corrected chi connectivity index (χ1v) is 8.92. The third kappa shape index (κ3) is 3.83. The lowest BCUT2D eigenvalue weighted by Gasteiger charge is -2.18. The maximum atomic E-state index is 12.6. The molecule has 0 unspecified atom stereocenters. The largest absolute Gasteiger partial charge is 0.497 e. The average molecular weight is 381 g/mol. The van der Waals surface area contributed by atoms with Crippen molar-refractivity contribution in [2.24, 2.45) is 0 Å². The van der Waals surface area contributed by atoms with E-state index in [4.69, 9.17) is 9.47 Å². The highest BCUT2D eigenvalue weighted by molar-refractivity contribution is 5.83. The van der Waals surface area contributed by atoms with Crippen LogP contribution in [0.4, 0.5) is 0 Å². The van der Waals surface area contributed by atoms with Crippen molar-refractivity contribution in [3.63, 3.8) is 0 Å². The van der Waals surface area contributed by atoms with E-state index in [0.29, 0.717) is 22.6 Å². The van der Waals surface area contributed by atoms with Crippen molar-refractivity contribution in [3.8, 4) is 11.5 Å². The number of rotatable bonds is 6. The van der Waals surface area contributed by atoms with Crippen LogP contribution >= 0.6 is 0 Å². The van der Waals surface area contributed by atoms with E-state index in [0.717, 1.165) is 10.9 Å². The van der Waals surface area contributed by atoms with Gasteiger partial charge in [0.05, 0.1) is 31.3 Å². The molecule has 7 nitrogen and oxygen atoms in total. The Morgan fingerprint density at radius 2 is 1.86 bits per heavy atom. The molecule has 0 radical (unpaired) electrons. The van der Waals surface area contributed by atoms with E-state index in [9.17, 15) is 9.59 Å². The maximum Gasteiger partial charge on any atom is 0.275 e. The van der Waals surface area contributed by atoms with Crippen molar-refractivity contribution in [2.45, 2.75) is 26.4 Å². The van der Waals surface area contributed by atoms with Gasteiger partial charge in [0, 0.05) is 10.9 Å². The first kappa shape index (κ1) is 19.4. The van der Waals surface area contributed by atoms with Crippen LogP contribution in [0.1, 0.15) is 24.2 Å². The normalized spacial score (nSPS) is 11.9. The first-order valence-electron chi connectivity index (χ1n) is 8.92. The second-order valence-electron chi connectivity index (χ2n) is 6.49. The summed E-state index contributed by atoms with van der Waals surface area (Å²) in [6.07, 6.45) is 0. The number of nitrogens with one attached hydrogen (secondary N) is 1. The number of aryl methyl sites for hydroxylation is 1. The van der Waals surface area contributed by atoms with E-state index in [1.807, 2.05) is 32.0 Å². The summed E-state index contributed by atoms with van der Waals surface area (Å²) >= 11 is 0. The molecule has 0 fully saturated rings. The Morgan fingerprint density at radius 3 is 2.54 bits per heavy atom. The second-order valence-corrected chi connectivity index (χ2v) is 6.49. The number of nitrogens with zero attached hydrogens (tertiary/aromatic N) is 2. The molecular weight excluding hydrogens is 358 g/mol. The van der Waals surface area contributed by atoms with Gasteiger partial charge in [-0.3, -0.25) is 9.59 Å². The lowest BCUT2D eigenvalue weighted by molar-refractivity contribution is -0.122. The van der Waals surface area contributed by atoms with E-state index in [1.165, 1.54) is 4.68 Å². The molecule has 1 atom stereocenters. The minimum Gasteiger partial charge on any atom is -0.497 e. The lowest BCUT2D eigenvalue weighted by Crippen LogP contribution is -2.35. The van der Waals surface area contributed by atoms with Crippen LogP contribution < -0.4 is 20.3 Å². The van der Waals surface area contributed by atoms with Crippen molar-refractivity contribution in [1.29, 1.82) is 0 Å². The number of methoxy groups -OCH3 is 2. The molecule has 28 heavy (non-hydrogen) atoms. The maximum absolute atomic E-state index is 12.6. The number of amides is 1. The average Bonchev–Trinajstić information content (AvgIpc) is 2.71. The Hall–Kier alpha value is -3.35. The molecule has 146 valence electrons. The highest BCUT2D eigenvalue weighted by atomic mass is 16.5. The fraction of sp³-hybridized carbons (Fsp3) is 0.286. The van der Waals surface area contributed by atoms with Crippen LogP contribution in [0.25, 0.3) is 10.8 Å². The van der Waals surface area contributed by atoms with Gasteiger partial charge in [0.25, 0.3) is 5.56 Å². The Kier molecular flexibility index (Phi) is 5.63. The molecule has 0 spiro atoms. The zero-order valence-electron chi connectivity index (χ0n) is 16.4. The summed E-state index contributed by atoms with van der Waals surface area (Å²) in [7, 11) is 3.15. The van der Waals surface area contributed by atoms with Gasteiger partial charge in [-0.25, -0.2) is 4.68 Å². The van der Waals surface area contributed by atoms with Gasteiger partial charge < -0.3 is 14.8 Å². The molecule has 0 aliphatic carbocycles. The minimum atomic E-state index is -0.338. The summed E-state index contributed by atoms with van der Waals surface area (Å²) in [6.45, 7) is 3.50. The summed E-state index contributed by atoms with van der Waals surface area (Å²) in [5.41, 5.74) is 1.19. The molecule has 7 heteroatoms. The van der Waals surface area contributed by atoms with E-state index >= 15 is 0 Å². The van der Waals surface area contributed by atoms with Crippen LogP contribution in [-0.2, 0) is 11.3 Å². The monoisotopic (exact) mass is 381 g/mol. The Morgan fingerprint density at radius 1 is 1.14 bits per heavy atom. The Bertz CT molecular complexity index is 1070. The molecule has 3 aromatic rings. The second kappa shape index (κ2) is 8.12. The zero-order valence-corrected chi connectivity index (χ0v) is 16.4. The van der Waals surface area contributed by atoms with E-state index in [-0.39, 0.29) is 24.1 Å². The van der Waals surface area contributed by atoms with Gasteiger partial charge in [-0.2, -0.15) is 5.10 Å². The van der Waals surface area contributed by atoms with Gasteiger partial charge in [-0.15, -0.1) is 0 Å². The van der Waals surface area contributed by atoms with E-state index in [2.05, 4.69) is 10.4 Å². The summed E-state index contributed by atoms with van der Waals surface area (Å²) in [6, 6.07) is 12.3. The molecule has 0 saturated heterocycles. The number of benzene rings is 2. The standard InChI is InChI=1S/C21H23N3O4/c1-13(18-11-15(27-3)9-10-19(18)28-4)22-20(25)12-24-21(26)17-8-6-5-7-16(17)14(2)23-24/h5-11,13H,12H2,1-4H3,(H,22,25)/t13-/m1/s1. The van der Waals surface area contributed by atoms with E-state index in [1.54, 1.807) is 38.5 Å². The van der Waals surface area contributed by atoms with Crippen LogP contribution in [0, 0.1) is 6.92 Å². The predicted octanol–water partition coefficient (Wildman–Crippen LogP) is 2.60. The topological polar surface area (TPSA) is 82.4 Å². The number of carbonyl (C=O) groups excluding carboxylic acids is 1. The third-order valence-electron chi connectivity index (χ3n) is 4.63. The first-order chi connectivity index (χ1) is 13.4. The molecule has 0 aliphatic heterocycles. The summed E-state index contributed by atoms with van der Waals surface area (Å²) in [4.78, 5) is 25.2. The van der Waals surface area contributed by atoms with Crippen molar-refractivity contribution < 1.29 is 14.3 Å². The van der Waals surface area contributed by atoms with Gasteiger partial charge in [0.15, 0.2) is 0 Å². The van der Waals surface area contributed by atoms with E-state index < -0.39 is 0 Å². The smallest absolute Gasteiger partial charge is 0.275 e. The molecule has 1 heterocycles. The van der Waals surface area contributed by atoms with Gasteiger partial charge in [0.1, 0.15) is 18.0 Å². The molecule has 0 bridgehead atoms. The zero-order chi connectivity index (χ0) is 20.3. The minimum absolute atomic E-state index is 0.166. The fourth-order valence-electron chi connectivity index (χ4n) is 3.19. The molecule has 1 aromatic heterocycles. The van der Waals surface area contributed by atoms with Gasteiger partial charge >= 0.3 is 0 Å². The van der Waals surface area contributed by atoms with Crippen LogP contribution in [-0.4, -0.2) is 29.9 Å². The van der Waals surface area contributed by atoms with Crippen LogP contribution in [0.2, 0.25) is 0 Å². The van der Waals surface area contributed by atoms with Crippen LogP contribution in [0.15, 0.2) is 47.3 Å². The molecule has 1 amide bonds. The summed E-state index contributed by atoms with van der Waals surface area (Å²) in [5.74, 6) is 0.993. The fourth-order valence-corrected chi connectivity index (χ4v) is 3.19. The number of fused-ring (bicyclic) bond motifs is 1. The Balaban J connectivity index is 1.82. The highest BCUT2D eigenvalue weighted by Gasteiger charge is 2.17. The molecular formula is C21H23N3O4. The van der Waals surface area contributed by atoms with Crippen molar-refractivity contribution in [1.82, 2.24) is 15.1 Å². The molecule has 3 rings (SSSR count). The quantitative estimate of drug-likeness (QED) is 0.710. The van der Waals surface area contributed by atoms with Crippen LogP contribution in [0.5, 0.6) is 11.5 Å². The third-order valence-corrected chi connectivity index (χ3v) is 4.63. The van der Waals surface area contributed by atoms with Crippen LogP contribution in [0.3, 0.4) is 0 Å². The number of hydrogen-bond donors (Lipinski definition) is 1. The molecule has 2 aromatic carbocycles. The number of carbonyl (C=O) groups is 1. The molecule has 1 N–H and O–H groups in total. The summed E-state index contributed by atoms with van der Waals surface area (Å²) < 4.78 is 11.8. The van der Waals surface area contributed by atoms with Gasteiger partial charge in [-0.1, -0.05) is 18.2 Å². The van der Waals surface area contributed by atoms with Crippen molar-refractivity contribution in [2.75, 3.05) is 14.2 Å². The summed E-state index contributed by atoms with van der Waals surface area (Å²) in [5, 5.41) is 8.51. The molecule has 0 aliphatic rings. The van der Waals surface area contributed by atoms with Crippen molar-refractivity contribution >= 4 is 16.7 Å². The SMILES string of the molecule is COc1ccc(OC)c([C@@H](C)NC(=O)Cn2nc(C)c3ccccc3c2=O)c1. The number of hydrogen-bond acceptors (Lipinski definition) is 5. The van der Waals surface area contributed by atoms with Gasteiger partial charge in [0.2, 0.25) is 5.91 Å². The highest BCUT2D eigenvalue weighted by Crippen LogP contribution is 2.29. The lowest BCUT2D eigenvalue weighted by atomic mass is 10.1. The van der Waals surface area contributed by atoms with Crippen molar-refractivity contribution in [3.05, 3.63) is 64.1 Å². The molecule has 0 saturated carbocycles. The number of ether oxygens (including phenoxy) is 2.